The average molecular weight is 172 g/mol. The minimum atomic E-state index is -0.634. The van der Waals surface area contributed by atoms with E-state index in [1.807, 2.05) is 0 Å². The third-order valence-electron chi connectivity index (χ3n) is 2.47. The highest BCUT2D eigenvalue weighted by Gasteiger charge is 2.29. The van der Waals surface area contributed by atoms with Crippen molar-refractivity contribution in [3.05, 3.63) is 0 Å². The summed E-state index contributed by atoms with van der Waals surface area (Å²) in [7, 11) is 0. The number of amides is 1. The van der Waals surface area contributed by atoms with Crippen LogP contribution in [-0.4, -0.2) is 29.7 Å². The summed E-state index contributed by atoms with van der Waals surface area (Å²) in [6.07, 6.45) is 1.36. The average Bonchev–Trinajstić information content (AvgIpc) is 2.53. The summed E-state index contributed by atoms with van der Waals surface area (Å²) in [4.78, 5) is 10.7. The first-order valence-electron chi connectivity index (χ1n) is 4.33. The van der Waals surface area contributed by atoms with E-state index in [0.717, 1.165) is 19.4 Å². The molecule has 3 unspecified atom stereocenters. The first-order valence-corrected chi connectivity index (χ1v) is 4.33. The molecule has 1 amide bonds. The van der Waals surface area contributed by atoms with Crippen LogP contribution in [0.3, 0.4) is 0 Å². The smallest absolute Gasteiger partial charge is 0.222 e. The van der Waals surface area contributed by atoms with Crippen molar-refractivity contribution in [3.8, 4) is 0 Å². The SMILES string of the molecule is CC(C(N)=O)C(O)C1CCCN1. The van der Waals surface area contributed by atoms with E-state index in [1.165, 1.54) is 0 Å². The normalized spacial score (nSPS) is 28.3. The van der Waals surface area contributed by atoms with Gasteiger partial charge in [0.05, 0.1) is 12.0 Å². The molecular formula is C8H16N2O2. The molecule has 1 aliphatic heterocycles. The van der Waals surface area contributed by atoms with E-state index >= 15 is 0 Å². The van der Waals surface area contributed by atoms with Gasteiger partial charge in [0.2, 0.25) is 5.91 Å². The minimum absolute atomic E-state index is 0.0486. The summed E-state index contributed by atoms with van der Waals surface area (Å²) in [5.41, 5.74) is 5.08. The molecule has 1 fully saturated rings. The molecule has 12 heavy (non-hydrogen) atoms. The Labute approximate surface area is 72.1 Å². The predicted molar refractivity (Wildman–Crippen MR) is 45.4 cm³/mol. The van der Waals surface area contributed by atoms with Crippen molar-refractivity contribution >= 4 is 5.91 Å². The van der Waals surface area contributed by atoms with Gasteiger partial charge in [0.15, 0.2) is 0 Å². The number of aliphatic hydroxyl groups excluding tert-OH is 1. The van der Waals surface area contributed by atoms with Gasteiger partial charge < -0.3 is 16.2 Å². The fourth-order valence-corrected chi connectivity index (χ4v) is 1.52. The van der Waals surface area contributed by atoms with Crippen LogP contribution in [0.4, 0.5) is 0 Å². The van der Waals surface area contributed by atoms with Gasteiger partial charge in [0, 0.05) is 6.04 Å². The van der Waals surface area contributed by atoms with E-state index in [0.29, 0.717) is 0 Å². The van der Waals surface area contributed by atoms with Crippen LogP contribution in [0.25, 0.3) is 0 Å². The first-order chi connectivity index (χ1) is 5.63. The van der Waals surface area contributed by atoms with Gasteiger partial charge in [-0.1, -0.05) is 6.92 Å². The molecule has 0 radical (unpaired) electrons. The number of hydrogen-bond acceptors (Lipinski definition) is 3. The quantitative estimate of drug-likeness (QED) is 0.523. The van der Waals surface area contributed by atoms with Crippen molar-refractivity contribution in [2.24, 2.45) is 11.7 Å². The number of nitrogens with two attached hydrogens (primary N) is 1. The van der Waals surface area contributed by atoms with Crippen LogP contribution in [0.5, 0.6) is 0 Å². The Morgan fingerprint density at radius 3 is 2.83 bits per heavy atom. The molecule has 4 heteroatoms. The van der Waals surface area contributed by atoms with Crippen molar-refractivity contribution in [1.29, 1.82) is 0 Å². The second-order valence-corrected chi connectivity index (χ2v) is 3.38. The highest BCUT2D eigenvalue weighted by molar-refractivity contribution is 5.76. The van der Waals surface area contributed by atoms with Gasteiger partial charge in [-0.05, 0) is 19.4 Å². The Morgan fingerprint density at radius 1 is 1.75 bits per heavy atom. The fraction of sp³-hybridized carbons (Fsp3) is 0.875. The lowest BCUT2D eigenvalue weighted by molar-refractivity contribution is -0.125. The predicted octanol–water partition coefficient (Wildman–Crippen LogP) is -0.779. The van der Waals surface area contributed by atoms with Gasteiger partial charge in [-0.3, -0.25) is 4.79 Å². The molecule has 1 rings (SSSR count). The van der Waals surface area contributed by atoms with Gasteiger partial charge >= 0.3 is 0 Å². The topological polar surface area (TPSA) is 75.4 Å². The van der Waals surface area contributed by atoms with Crippen molar-refractivity contribution in [1.82, 2.24) is 5.32 Å². The Kier molecular flexibility index (Phi) is 3.05. The number of primary amides is 1. The Balaban J connectivity index is 2.44. The van der Waals surface area contributed by atoms with E-state index in [4.69, 9.17) is 5.73 Å². The number of carbonyl (C=O) groups excluding carboxylic acids is 1. The third kappa shape index (κ3) is 1.95. The fourth-order valence-electron chi connectivity index (χ4n) is 1.52. The van der Waals surface area contributed by atoms with Crippen molar-refractivity contribution in [3.63, 3.8) is 0 Å². The lowest BCUT2D eigenvalue weighted by Gasteiger charge is -2.22. The zero-order chi connectivity index (χ0) is 9.14. The Bertz CT molecular complexity index is 166. The number of rotatable bonds is 3. The molecule has 0 aliphatic carbocycles. The second-order valence-electron chi connectivity index (χ2n) is 3.38. The van der Waals surface area contributed by atoms with Gasteiger partial charge in [0.1, 0.15) is 0 Å². The maximum Gasteiger partial charge on any atom is 0.222 e. The van der Waals surface area contributed by atoms with Crippen LogP contribution >= 0.6 is 0 Å². The molecule has 1 aliphatic rings. The molecule has 0 saturated carbocycles. The van der Waals surface area contributed by atoms with Gasteiger partial charge in [-0.25, -0.2) is 0 Å². The Hall–Kier alpha value is -0.610. The highest BCUT2D eigenvalue weighted by atomic mass is 16.3. The Morgan fingerprint density at radius 2 is 2.42 bits per heavy atom. The molecule has 0 spiro atoms. The van der Waals surface area contributed by atoms with Gasteiger partial charge in [-0.15, -0.1) is 0 Å². The largest absolute Gasteiger partial charge is 0.391 e. The van der Waals surface area contributed by atoms with E-state index < -0.39 is 17.9 Å². The molecule has 70 valence electrons. The molecule has 4 nitrogen and oxygen atoms in total. The van der Waals surface area contributed by atoms with E-state index in [-0.39, 0.29) is 6.04 Å². The minimum Gasteiger partial charge on any atom is -0.391 e. The van der Waals surface area contributed by atoms with Gasteiger partial charge in [0.25, 0.3) is 0 Å². The molecule has 0 aromatic heterocycles. The van der Waals surface area contributed by atoms with E-state index in [9.17, 15) is 9.90 Å². The molecule has 3 atom stereocenters. The monoisotopic (exact) mass is 172 g/mol. The molecule has 0 aromatic rings. The summed E-state index contributed by atoms with van der Waals surface area (Å²) < 4.78 is 0. The van der Waals surface area contributed by atoms with Crippen LogP contribution < -0.4 is 11.1 Å². The second kappa shape index (κ2) is 3.87. The molecule has 1 heterocycles. The van der Waals surface area contributed by atoms with Crippen LogP contribution in [0.1, 0.15) is 19.8 Å². The van der Waals surface area contributed by atoms with Crippen LogP contribution in [0, 0.1) is 5.92 Å². The third-order valence-corrected chi connectivity index (χ3v) is 2.47. The molecule has 4 N–H and O–H groups in total. The molecule has 0 bridgehead atoms. The number of nitrogens with one attached hydrogen (secondary N) is 1. The zero-order valence-corrected chi connectivity index (χ0v) is 7.29. The number of carbonyl (C=O) groups is 1. The standard InChI is InChI=1S/C8H16N2O2/c1-5(8(9)12)7(11)6-3-2-4-10-6/h5-7,10-11H,2-4H2,1H3,(H2,9,12). The maximum absolute atomic E-state index is 10.7. The first kappa shape index (κ1) is 9.48. The highest BCUT2D eigenvalue weighted by Crippen LogP contribution is 2.15. The van der Waals surface area contributed by atoms with Crippen LogP contribution in [0.2, 0.25) is 0 Å². The molecule has 1 saturated heterocycles. The zero-order valence-electron chi connectivity index (χ0n) is 7.29. The van der Waals surface area contributed by atoms with Crippen molar-refractivity contribution in [2.75, 3.05) is 6.54 Å². The summed E-state index contributed by atoms with van der Waals surface area (Å²) in [5.74, 6) is -0.892. The maximum atomic E-state index is 10.7. The number of aliphatic hydroxyl groups is 1. The van der Waals surface area contributed by atoms with Crippen LogP contribution in [-0.2, 0) is 4.79 Å². The molecular weight excluding hydrogens is 156 g/mol. The van der Waals surface area contributed by atoms with Crippen molar-refractivity contribution < 1.29 is 9.90 Å². The lowest BCUT2D eigenvalue weighted by Crippen LogP contribution is -2.43. The van der Waals surface area contributed by atoms with Crippen molar-refractivity contribution in [2.45, 2.75) is 31.9 Å². The lowest BCUT2D eigenvalue weighted by atomic mass is 9.96. The number of hydrogen-bond donors (Lipinski definition) is 3. The summed E-state index contributed by atoms with van der Waals surface area (Å²) in [6, 6.07) is 0.0486. The van der Waals surface area contributed by atoms with Gasteiger partial charge in [-0.2, -0.15) is 0 Å². The van der Waals surface area contributed by atoms with E-state index in [1.54, 1.807) is 6.92 Å². The summed E-state index contributed by atoms with van der Waals surface area (Å²) in [5, 5.41) is 12.8. The van der Waals surface area contributed by atoms with E-state index in [2.05, 4.69) is 5.32 Å². The van der Waals surface area contributed by atoms with Crippen LogP contribution in [0.15, 0.2) is 0 Å². The summed E-state index contributed by atoms with van der Waals surface area (Å²) >= 11 is 0. The summed E-state index contributed by atoms with van der Waals surface area (Å²) in [6.45, 7) is 2.58. The molecule has 0 aromatic carbocycles.